The molecule has 116 valence electrons. The van der Waals surface area contributed by atoms with Crippen LogP contribution in [0.1, 0.15) is 13.8 Å². The smallest absolute Gasteiger partial charge is 0.0509 e. The summed E-state index contributed by atoms with van der Waals surface area (Å²) in [5, 5.41) is 4.37. The van der Waals surface area contributed by atoms with Gasteiger partial charge in [-0.05, 0) is 50.2 Å². The number of benzene rings is 2. The van der Waals surface area contributed by atoms with Crippen LogP contribution in [0.5, 0.6) is 0 Å². The summed E-state index contributed by atoms with van der Waals surface area (Å²) in [5.41, 5.74) is 1.32. The van der Waals surface area contributed by atoms with E-state index in [2.05, 4.69) is 60.5 Å². The predicted molar refractivity (Wildman–Crippen MR) is 96.3 cm³/mol. The van der Waals surface area contributed by atoms with Gasteiger partial charge in [-0.15, -0.1) is 0 Å². The summed E-state index contributed by atoms with van der Waals surface area (Å²) in [4.78, 5) is 5.00. The third kappa shape index (κ3) is 3.78. The second kappa shape index (κ2) is 6.95. The molecule has 2 aromatic rings. The number of rotatable bonds is 3. The number of anilines is 1. The molecule has 0 aliphatic carbocycles. The lowest BCUT2D eigenvalue weighted by Gasteiger charge is -2.38. The molecule has 1 N–H and O–H groups in total. The Labute approximate surface area is 141 Å². The van der Waals surface area contributed by atoms with Gasteiger partial charge >= 0.3 is 0 Å². The average molecular weight is 333 g/mol. The number of nitrogens with one attached hydrogen (secondary N) is 1. The van der Waals surface area contributed by atoms with E-state index in [1.54, 1.807) is 11.8 Å². The minimum absolute atomic E-state index is 0.511. The molecule has 0 radical (unpaired) electrons. The van der Waals surface area contributed by atoms with Gasteiger partial charge in [-0.2, -0.15) is 0 Å². The van der Waals surface area contributed by atoms with Gasteiger partial charge in [0.15, 0.2) is 0 Å². The summed E-state index contributed by atoms with van der Waals surface area (Å²) in [7, 11) is 0. The number of nitrogens with zero attached hydrogens (tertiary/aromatic N) is 1. The van der Waals surface area contributed by atoms with Crippen molar-refractivity contribution in [3.8, 4) is 0 Å². The maximum Gasteiger partial charge on any atom is 0.0509 e. The highest BCUT2D eigenvalue weighted by molar-refractivity contribution is 7.99. The summed E-state index contributed by atoms with van der Waals surface area (Å²) >= 11 is 7.77. The minimum atomic E-state index is 0.511. The minimum Gasteiger partial charge on any atom is -0.368 e. The van der Waals surface area contributed by atoms with E-state index in [1.165, 1.54) is 15.5 Å². The van der Waals surface area contributed by atoms with E-state index >= 15 is 0 Å². The standard InChI is InChI=1S/C18H21ClN2S/c1-13-11-21(12-14(2)20-13)17-5-3-4-6-18(17)22-16-9-7-15(19)8-10-16/h3-10,13-14,20H,11-12H2,1-2H3/t13-,14+. The molecule has 4 heteroatoms. The zero-order chi connectivity index (χ0) is 15.5. The number of hydrogen-bond acceptors (Lipinski definition) is 3. The van der Waals surface area contributed by atoms with E-state index in [1.807, 2.05) is 12.1 Å². The largest absolute Gasteiger partial charge is 0.368 e. The lowest BCUT2D eigenvalue weighted by Crippen LogP contribution is -2.54. The van der Waals surface area contributed by atoms with Gasteiger partial charge < -0.3 is 10.2 Å². The highest BCUT2D eigenvalue weighted by Gasteiger charge is 2.22. The van der Waals surface area contributed by atoms with E-state index < -0.39 is 0 Å². The second-order valence-corrected chi connectivity index (χ2v) is 7.45. The maximum absolute atomic E-state index is 5.98. The van der Waals surface area contributed by atoms with Crippen LogP contribution >= 0.6 is 23.4 Å². The van der Waals surface area contributed by atoms with Crippen LogP contribution < -0.4 is 10.2 Å². The second-order valence-electron chi connectivity index (χ2n) is 5.90. The number of halogens is 1. The Kier molecular flexibility index (Phi) is 4.97. The summed E-state index contributed by atoms with van der Waals surface area (Å²) in [6, 6.07) is 17.7. The van der Waals surface area contributed by atoms with Gasteiger partial charge in [-0.1, -0.05) is 35.5 Å². The molecule has 0 unspecified atom stereocenters. The lowest BCUT2D eigenvalue weighted by molar-refractivity contribution is 0.406. The van der Waals surface area contributed by atoms with Crippen molar-refractivity contribution in [1.82, 2.24) is 5.32 Å². The van der Waals surface area contributed by atoms with E-state index in [0.717, 1.165) is 18.1 Å². The highest BCUT2D eigenvalue weighted by atomic mass is 35.5. The van der Waals surface area contributed by atoms with Crippen LogP contribution in [0.2, 0.25) is 5.02 Å². The zero-order valence-corrected chi connectivity index (χ0v) is 14.5. The van der Waals surface area contributed by atoms with Gasteiger partial charge in [0.05, 0.1) is 5.69 Å². The summed E-state index contributed by atoms with van der Waals surface area (Å²) in [6.45, 7) is 6.58. The first kappa shape index (κ1) is 15.7. The normalized spacial score (nSPS) is 21.9. The van der Waals surface area contributed by atoms with Gasteiger partial charge in [-0.25, -0.2) is 0 Å². The first-order valence-corrected chi connectivity index (χ1v) is 8.85. The molecule has 1 heterocycles. The monoisotopic (exact) mass is 332 g/mol. The number of hydrogen-bond donors (Lipinski definition) is 1. The van der Waals surface area contributed by atoms with Gasteiger partial charge in [-0.3, -0.25) is 0 Å². The van der Waals surface area contributed by atoms with Gasteiger partial charge in [0.25, 0.3) is 0 Å². The van der Waals surface area contributed by atoms with E-state index in [0.29, 0.717) is 12.1 Å². The first-order chi connectivity index (χ1) is 10.6. The third-order valence-corrected chi connectivity index (χ3v) is 5.13. The van der Waals surface area contributed by atoms with Crippen LogP contribution in [0.4, 0.5) is 5.69 Å². The number of para-hydroxylation sites is 1. The quantitative estimate of drug-likeness (QED) is 0.878. The van der Waals surface area contributed by atoms with E-state index in [4.69, 9.17) is 11.6 Å². The molecule has 0 bridgehead atoms. The van der Waals surface area contributed by atoms with Crippen LogP contribution in [0.25, 0.3) is 0 Å². The van der Waals surface area contributed by atoms with E-state index in [9.17, 15) is 0 Å². The molecule has 3 rings (SSSR count). The fourth-order valence-electron chi connectivity index (χ4n) is 2.96. The van der Waals surface area contributed by atoms with Crippen molar-refractivity contribution in [2.24, 2.45) is 0 Å². The lowest BCUT2D eigenvalue weighted by atomic mass is 10.1. The van der Waals surface area contributed by atoms with Gasteiger partial charge in [0, 0.05) is 40.0 Å². The van der Waals surface area contributed by atoms with Crippen LogP contribution in [0.3, 0.4) is 0 Å². The number of piperazine rings is 1. The van der Waals surface area contributed by atoms with Gasteiger partial charge in [0.1, 0.15) is 0 Å². The molecule has 1 saturated heterocycles. The molecule has 0 aromatic heterocycles. The zero-order valence-electron chi connectivity index (χ0n) is 12.9. The molecule has 1 aliphatic heterocycles. The van der Waals surface area contributed by atoms with Crippen molar-refractivity contribution in [1.29, 1.82) is 0 Å². The van der Waals surface area contributed by atoms with Crippen LogP contribution in [0.15, 0.2) is 58.3 Å². The average Bonchev–Trinajstić information content (AvgIpc) is 2.49. The third-order valence-electron chi connectivity index (χ3n) is 3.80. The van der Waals surface area contributed by atoms with Crippen molar-refractivity contribution in [2.75, 3.05) is 18.0 Å². The van der Waals surface area contributed by atoms with Crippen molar-refractivity contribution in [3.05, 3.63) is 53.6 Å². The molecule has 22 heavy (non-hydrogen) atoms. The summed E-state index contributed by atoms with van der Waals surface area (Å²) in [5.74, 6) is 0. The Balaban J connectivity index is 1.84. The molecule has 2 nitrogen and oxygen atoms in total. The van der Waals surface area contributed by atoms with E-state index in [-0.39, 0.29) is 0 Å². The van der Waals surface area contributed by atoms with Gasteiger partial charge in [0.2, 0.25) is 0 Å². The molecule has 2 atom stereocenters. The fraction of sp³-hybridized carbons (Fsp3) is 0.333. The van der Waals surface area contributed by atoms with Crippen LogP contribution in [-0.2, 0) is 0 Å². The Hall–Kier alpha value is -1.16. The van der Waals surface area contributed by atoms with Crippen molar-refractivity contribution < 1.29 is 0 Å². The Morgan fingerprint density at radius 3 is 2.32 bits per heavy atom. The fourth-order valence-corrected chi connectivity index (χ4v) is 4.06. The molecule has 2 aromatic carbocycles. The molecule has 0 saturated carbocycles. The topological polar surface area (TPSA) is 15.3 Å². The summed E-state index contributed by atoms with van der Waals surface area (Å²) in [6.07, 6.45) is 0. The molecule has 1 fully saturated rings. The van der Waals surface area contributed by atoms with Crippen LogP contribution in [0, 0.1) is 0 Å². The Bertz CT molecular complexity index is 619. The van der Waals surface area contributed by atoms with Crippen molar-refractivity contribution >= 4 is 29.1 Å². The van der Waals surface area contributed by atoms with Crippen molar-refractivity contribution in [2.45, 2.75) is 35.7 Å². The maximum atomic E-state index is 5.98. The SMILES string of the molecule is C[C@@H]1CN(c2ccccc2Sc2ccc(Cl)cc2)C[C@H](C)N1. The van der Waals surface area contributed by atoms with Crippen LogP contribution in [-0.4, -0.2) is 25.2 Å². The Morgan fingerprint density at radius 1 is 1.00 bits per heavy atom. The van der Waals surface area contributed by atoms with Crippen molar-refractivity contribution in [3.63, 3.8) is 0 Å². The highest BCUT2D eigenvalue weighted by Crippen LogP contribution is 2.36. The molecular formula is C18H21ClN2S. The predicted octanol–water partition coefficient (Wildman–Crippen LogP) is 4.68. The first-order valence-electron chi connectivity index (χ1n) is 7.65. The molecule has 1 aliphatic rings. The molecule has 0 spiro atoms. The molecule has 0 amide bonds. The summed E-state index contributed by atoms with van der Waals surface area (Å²) < 4.78 is 0. The molecular weight excluding hydrogens is 312 g/mol. The Morgan fingerprint density at radius 2 is 1.64 bits per heavy atom.